The van der Waals surface area contributed by atoms with E-state index >= 15 is 0 Å². The summed E-state index contributed by atoms with van der Waals surface area (Å²) in [7, 11) is 0. The molecule has 27 heavy (non-hydrogen) atoms. The van der Waals surface area contributed by atoms with Gasteiger partial charge in [0.25, 0.3) is 0 Å². The Morgan fingerprint density at radius 2 is 2.11 bits per heavy atom. The molecule has 0 aliphatic carbocycles. The predicted molar refractivity (Wildman–Crippen MR) is 110 cm³/mol. The normalized spacial score (nSPS) is 12.3. The highest BCUT2D eigenvalue weighted by Crippen LogP contribution is 2.27. The van der Waals surface area contributed by atoms with Crippen LogP contribution in [0.4, 0.5) is 10.9 Å². The average Bonchev–Trinajstić information content (AvgIpc) is 3.39. The van der Waals surface area contributed by atoms with Gasteiger partial charge in [0, 0.05) is 23.5 Å². The minimum Gasteiger partial charge on any atom is -0.313 e. The number of hydrogen-bond donors (Lipinski definition) is 1. The molecule has 1 aromatic carbocycles. The summed E-state index contributed by atoms with van der Waals surface area (Å²) < 4.78 is 4.60. The average molecular weight is 465 g/mol. The number of halogens is 2. The van der Waals surface area contributed by atoms with Crippen molar-refractivity contribution in [3.05, 3.63) is 69.0 Å². The van der Waals surface area contributed by atoms with E-state index in [9.17, 15) is 0 Å². The number of hydrogen-bond acceptors (Lipinski definition) is 6. The minimum absolute atomic E-state index is 0.00197. The van der Waals surface area contributed by atoms with Crippen LogP contribution in [0, 0.1) is 0 Å². The lowest BCUT2D eigenvalue weighted by atomic mass is 10.2. The summed E-state index contributed by atoms with van der Waals surface area (Å²) >= 11 is 11.1. The molecule has 0 bridgehead atoms. The van der Waals surface area contributed by atoms with E-state index in [1.165, 1.54) is 11.3 Å². The summed E-state index contributed by atoms with van der Waals surface area (Å²) in [6.07, 6.45) is 5.56. The second kappa shape index (κ2) is 7.79. The third-order valence-electron chi connectivity index (χ3n) is 3.93. The van der Waals surface area contributed by atoms with Crippen molar-refractivity contribution >= 4 is 49.8 Å². The molecule has 0 saturated heterocycles. The van der Waals surface area contributed by atoms with Gasteiger partial charge in [-0.05, 0) is 34.5 Å². The fourth-order valence-corrected chi connectivity index (χ4v) is 3.81. The number of anilines is 2. The molecule has 0 radical (unpaired) electrons. The molecular formula is C17H15BrClN7S. The quantitative estimate of drug-likeness (QED) is 0.446. The molecule has 1 atom stereocenters. The van der Waals surface area contributed by atoms with E-state index < -0.39 is 0 Å². The monoisotopic (exact) mass is 463 g/mol. The molecule has 0 fully saturated rings. The summed E-state index contributed by atoms with van der Waals surface area (Å²) in [5.41, 5.74) is 1.02. The van der Waals surface area contributed by atoms with E-state index in [0.717, 1.165) is 20.1 Å². The van der Waals surface area contributed by atoms with Crippen molar-refractivity contribution in [1.29, 1.82) is 0 Å². The van der Waals surface area contributed by atoms with Crippen molar-refractivity contribution in [2.45, 2.75) is 19.5 Å². The van der Waals surface area contributed by atoms with Crippen LogP contribution in [0.2, 0.25) is 5.02 Å². The first kappa shape index (κ1) is 18.1. The van der Waals surface area contributed by atoms with Crippen LogP contribution in [-0.2, 0) is 6.54 Å². The van der Waals surface area contributed by atoms with Crippen LogP contribution >= 0.6 is 38.9 Å². The summed E-state index contributed by atoms with van der Waals surface area (Å²) in [4.78, 5) is 0. The summed E-state index contributed by atoms with van der Waals surface area (Å²) in [6.45, 7) is 2.63. The Balaban J connectivity index is 1.44. The van der Waals surface area contributed by atoms with Crippen LogP contribution in [0.25, 0.3) is 0 Å². The summed E-state index contributed by atoms with van der Waals surface area (Å²) in [6, 6.07) is 9.64. The Kier molecular flexibility index (Phi) is 5.24. The second-order valence-corrected chi connectivity index (χ2v) is 8.21. The summed E-state index contributed by atoms with van der Waals surface area (Å²) in [5.74, 6) is 0.708. The van der Waals surface area contributed by atoms with Gasteiger partial charge in [-0.2, -0.15) is 10.2 Å². The Hall–Kier alpha value is -2.23. The van der Waals surface area contributed by atoms with Gasteiger partial charge in [-0.3, -0.25) is 9.36 Å². The second-order valence-electron chi connectivity index (χ2n) is 5.87. The van der Waals surface area contributed by atoms with E-state index in [1.54, 1.807) is 6.20 Å². The van der Waals surface area contributed by atoms with Crippen LogP contribution in [0.15, 0.2) is 53.4 Å². The molecule has 3 heterocycles. The number of aromatic nitrogens is 6. The van der Waals surface area contributed by atoms with Gasteiger partial charge in [0.1, 0.15) is 11.0 Å². The summed E-state index contributed by atoms with van der Waals surface area (Å²) in [5, 5.41) is 22.8. The maximum Gasteiger partial charge on any atom is 0.211 e. The SMILES string of the molecule is C[C@@H](c1nnc(Nc2ccn(Cc3ccccc3Cl)n2)s1)n1cc(Br)cn1. The third kappa shape index (κ3) is 4.20. The van der Waals surface area contributed by atoms with Gasteiger partial charge < -0.3 is 5.32 Å². The predicted octanol–water partition coefficient (Wildman–Crippen LogP) is 4.75. The van der Waals surface area contributed by atoms with Gasteiger partial charge in [0.2, 0.25) is 5.13 Å². The molecular weight excluding hydrogens is 450 g/mol. The highest BCUT2D eigenvalue weighted by molar-refractivity contribution is 9.10. The zero-order chi connectivity index (χ0) is 18.8. The topological polar surface area (TPSA) is 73.5 Å². The first-order valence-corrected chi connectivity index (χ1v) is 10.1. The van der Waals surface area contributed by atoms with Crippen LogP contribution in [0.3, 0.4) is 0 Å². The zero-order valence-corrected chi connectivity index (χ0v) is 17.4. The minimum atomic E-state index is 0.00197. The lowest BCUT2D eigenvalue weighted by Crippen LogP contribution is -2.06. The molecule has 0 amide bonds. The first-order valence-electron chi connectivity index (χ1n) is 8.15. The van der Waals surface area contributed by atoms with Gasteiger partial charge in [-0.1, -0.05) is 41.1 Å². The molecule has 0 spiro atoms. The standard InChI is InChI=1S/C17H15BrClN7S/c1-11(26-10-13(18)8-20-26)16-22-23-17(27-16)21-15-6-7-25(24-15)9-12-4-2-3-5-14(12)19/h2-8,10-11H,9H2,1H3,(H,21,23,24)/t11-/m0/s1. The third-order valence-corrected chi connectivity index (χ3v) is 5.72. The van der Waals surface area contributed by atoms with E-state index in [2.05, 4.69) is 41.6 Å². The van der Waals surface area contributed by atoms with Gasteiger partial charge in [0.05, 0.1) is 17.2 Å². The van der Waals surface area contributed by atoms with Crippen molar-refractivity contribution in [3.8, 4) is 0 Å². The number of nitrogens with one attached hydrogen (secondary N) is 1. The van der Waals surface area contributed by atoms with Crippen LogP contribution in [0.1, 0.15) is 23.5 Å². The maximum absolute atomic E-state index is 6.21. The van der Waals surface area contributed by atoms with Crippen LogP contribution in [-0.4, -0.2) is 29.8 Å². The molecule has 7 nitrogen and oxygen atoms in total. The van der Waals surface area contributed by atoms with Crippen molar-refractivity contribution in [3.63, 3.8) is 0 Å². The highest BCUT2D eigenvalue weighted by atomic mass is 79.9. The molecule has 4 rings (SSSR count). The Bertz CT molecular complexity index is 1060. The number of benzene rings is 1. The number of nitrogens with zero attached hydrogens (tertiary/aromatic N) is 6. The molecule has 0 saturated carbocycles. The Morgan fingerprint density at radius 1 is 1.26 bits per heavy atom. The lowest BCUT2D eigenvalue weighted by molar-refractivity contribution is 0.557. The number of rotatable bonds is 6. The van der Waals surface area contributed by atoms with Crippen molar-refractivity contribution in [2.75, 3.05) is 5.32 Å². The maximum atomic E-state index is 6.21. The molecule has 4 aromatic rings. The van der Waals surface area contributed by atoms with E-state index in [4.69, 9.17) is 11.6 Å². The van der Waals surface area contributed by atoms with E-state index in [1.807, 2.05) is 59.0 Å². The lowest BCUT2D eigenvalue weighted by Gasteiger charge is -2.06. The molecule has 10 heteroatoms. The van der Waals surface area contributed by atoms with Gasteiger partial charge in [-0.15, -0.1) is 10.2 Å². The Morgan fingerprint density at radius 3 is 2.89 bits per heavy atom. The zero-order valence-electron chi connectivity index (χ0n) is 14.3. The van der Waals surface area contributed by atoms with Crippen molar-refractivity contribution < 1.29 is 0 Å². The van der Waals surface area contributed by atoms with Crippen molar-refractivity contribution in [1.82, 2.24) is 29.8 Å². The van der Waals surface area contributed by atoms with Gasteiger partial charge in [0.15, 0.2) is 5.82 Å². The smallest absolute Gasteiger partial charge is 0.211 e. The van der Waals surface area contributed by atoms with E-state index in [-0.39, 0.29) is 6.04 Å². The highest BCUT2D eigenvalue weighted by Gasteiger charge is 2.15. The van der Waals surface area contributed by atoms with Crippen LogP contribution < -0.4 is 5.32 Å². The molecule has 0 aliphatic heterocycles. The fourth-order valence-electron chi connectivity index (χ4n) is 2.52. The Labute approximate surface area is 173 Å². The van der Waals surface area contributed by atoms with Crippen molar-refractivity contribution in [2.24, 2.45) is 0 Å². The van der Waals surface area contributed by atoms with Gasteiger partial charge in [-0.25, -0.2) is 0 Å². The van der Waals surface area contributed by atoms with Crippen LogP contribution in [0.5, 0.6) is 0 Å². The molecule has 0 unspecified atom stereocenters. The molecule has 3 aromatic heterocycles. The molecule has 1 N–H and O–H groups in total. The van der Waals surface area contributed by atoms with E-state index in [0.29, 0.717) is 17.5 Å². The first-order chi connectivity index (χ1) is 13.1. The van der Waals surface area contributed by atoms with Gasteiger partial charge >= 0.3 is 0 Å². The molecule has 0 aliphatic rings. The largest absolute Gasteiger partial charge is 0.313 e. The molecule has 138 valence electrons. The fraction of sp³-hybridized carbons (Fsp3) is 0.176.